The molecular weight excluding hydrogens is 250 g/mol. The number of amides is 1. The van der Waals surface area contributed by atoms with Crippen molar-refractivity contribution < 1.29 is 13.2 Å². The summed E-state index contributed by atoms with van der Waals surface area (Å²) in [5.41, 5.74) is 1.85. The number of benzene rings is 1. The fourth-order valence-electron chi connectivity index (χ4n) is 1.85. The van der Waals surface area contributed by atoms with Crippen molar-refractivity contribution in [1.82, 2.24) is 0 Å². The van der Waals surface area contributed by atoms with Crippen LogP contribution >= 0.6 is 0 Å². The van der Waals surface area contributed by atoms with Gasteiger partial charge in [-0.15, -0.1) is 0 Å². The molecule has 0 fully saturated rings. The minimum Gasteiger partial charge on any atom is -0.326 e. The Bertz CT molecular complexity index is 573. The number of sulfone groups is 1. The van der Waals surface area contributed by atoms with Gasteiger partial charge in [-0.1, -0.05) is 23.8 Å². The van der Waals surface area contributed by atoms with Crippen LogP contribution in [0.1, 0.15) is 12.0 Å². The monoisotopic (exact) mass is 265 g/mol. The summed E-state index contributed by atoms with van der Waals surface area (Å²) in [5.74, 6) is -0.333. The lowest BCUT2D eigenvalue weighted by molar-refractivity contribution is -0.116. The van der Waals surface area contributed by atoms with Crippen molar-refractivity contribution >= 4 is 21.4 Å². The van der Waals surface area contributed by atoms with Gasteiger partial charge in [0.15, 0.2) is 9.84 Å². The van der Waals surface area contributed by atoms with Crippen molar-refractivity contribution in [2.75, 3.05) is 11.1 Å². The Balaban J connectivity index is 1.90. The lowest BCUT2D eigenvalue weighted by atomic mass is 10.1. The van der Waals surface area contributed by atoms with Crippen LogP contribution in [-0.2, 0) is 14.6 Å². The van der Waals surface area contributed by atoms with Crippen LogP contribution in [0.3, 0.4) is 0 Å². The van der Waals surface area contributed by atoms with E-state index in [2.05, 4.69) is 5.32 Å². The average molecular weight is 265 g/mol. The predicted molar refractivity (Wildman–Crippen MR) is 70.8 cm³/mol. The van der Waals surface area contributed by atoms with E-state index in [1.165, 1.54) is 5.41 Å². The van der Waals surface area contributed by atoms with Crippen LogP contribution in [0.5, 0.6) is 0 Å². The highest BCUT2D eigenvalue weighted by Gasteiger charge is 2.23. The van der Waals surface area contributed by atoms with Crippen LogP contribution in [0.2, 0.25) is 0 Å². The van der Waals surface area contributed by atoms with E-state index < -0.39 is 9.84 Å². The van der Waals surface area contributed by atoms with Crippen molar-refractivity contribution in [3.8, 4) is 0 Å². The zero-order valence-electron chi connectivity index (χ0n) is 10.1. The lowest BCUT2D eigenvalue weighted by Crippen LogP contribution is -2.17. The maximum absolute atomic E-state index is 11.7. The second-order valence-corrected chi connectivity index (χ2v) is 6.47. The van der Waals surface area contributed by atoms with Gasteiger partial charge in [-0.25, -0.2) is 8.42 Å². The molecule has 1 amide bonds. The zero-order valence-corrected chi connectivity index (χ0v) is 10.9. The van der Waals surface area contributed by atoms with Crippen molar-refractivity contribution in [1.29, 1.82) is 0 Å². The van der Waals surface area contributed by atoms with Crippen molar-refractivity contribution in [3.05, 3.63) is 41.3 Å². The van der Waals surface area contributed by atoms with Gasteiger partial charge in [-0.3, -0.25) is 4.79 Å². The van der Waals surface area contributed by atoms with Gasteiger partial charge < -0.3 is 5.32 Å². The zero-order chi connectivity index (χ0) is 13.2. The molecule has 0 spiro atoms. The van der Waals surface area contributed by atoms with Crippen LogP contribution in [-0.4, -0.2) is 20.1 Å². The number of hydrogen-bond donors (Lipinski definition) is 1. The standard InChI is InChI=1S/C13H15NO3S/c1-10-2-4-12(5-3-10)14-13(15)8-11-6-7-18(16,17)9-11/h2-7,11H,8-9H2,1H3,(H,14,15)/t11-/m0/s1. The summed E-state index contributed by atoms with van der Waals surface area (Å²) in [5, 5.41) is 3.95. The largest absolute Gasteiger partial charge is 0.326 e. The van der Waals surface area contributed by atoms with Crippen LogP contribution in [0.4, 0.5) is 5.69 Å². The van der Waals surface area contributed by atoms with E-state index in [9.17, 15) is 13.2 Å². The molecule has 5 heteroatoms. The number of rotatable bonds is 3. The first-order valence-corrected chi connectivity index (χ1v) is 7.44. The summed E-state index contributed by atoms with van der Waals surface area (Å²) in [7, 11) is -3.08. The smallest absolute Gasteiger partial charge is 0.224 e. The molecule has 1 heterocycles. The van der Waals surface area contributed by atoms with E-state index in [4.69, 9.17) is 0 Å². The second-order valence-electron chi connectivity index (χ2n) is 4.54. The Morgan fingerprint density at radius 2 is 2.00 bits per heavy atom. The molecule has 2 rings (SSSR count). The Labute approximate surface area is 107 Å². The molecule has 0 unspecified atom stereocenters. The molecule has 1 aromatic carbocycles. The van der Waals surface area contributed by atoms with Crippen molar-refractivity contribution in [2.24, 2.45) is 5.92 Å². The van der Waals surface area contributed by atoms with Gasteiger partial charge in [0.05, 0.1) is 5.75 Å². The molecule has 1 aliphatic rings. The van der Waals surface area contributed by atoms with Crippen molar-refractivity contribution in [2.45, 2.75) is 13.3 Å². The normalized spacial score (nSPS) is 20.8. The summed E-state index contributed by atoms with van der Waals surface area (Å²) in [4.78, 5) is 11.7. The molecule has 0 aromatic heterocycles. The molecule has 0 saturated heterocycles. The molecule has 0 aliphatic carbocycles. The first-order valence-electron chi connectivity index (χ1n) is 5.72. The molecule has 0 radical (unpaired) electrons. The first-order chi connectivity index (χ1) is 8.44. The second kappa shape index (κ2) is 4.94. The van der Waals surface area contributed by atoms with E-state index >= 15 is 0 Å². The number of carbonyl (C=O) groups excluding carboxylic acids is 1. The van der Waals surface area contributed by atoms with Gasteiger partial charge in [0.2, 0.25) is 5.91 Å². The Morgan fingerprint density at radius 1 is 1.33 bits per heavy atom. The van der Waals surface area contributed by atoms with E-state index in [0.29, 0.717) is 0 Å². The molecule has 4 nitrogen and oxygen atoms in total. The first kappa shape index (κ1) is 12.8. The minimum atomic E-state index is -3.08. The van der Waals surface area contributed by atoms with Gasteiger partial charge in [0.25, 0.3) is 0 Å². The number of carbonyl (C=O) groups is 1. The quantitative estimate of drug-likeness (QED) is 0.907. The van der Waals surface area contributed by atoms with Crippen LogP contribution in [0, 0.1) is 12.8 Å². The fourth-order valence-corrected chi connectivity index (χ4v) is 3.25. The molecule has 96 valence electrons. The van der Waals surface area contributed by atoms with Gasteiger partial charge in [-0.05, 0) is 19.1 Å². The molecule has 0 bridgehead atoms. The molecule has 18 heavy (non-hydrogen) atoms. The van der Waals surface area contributed by atoms with Gasteiger partial charge >= 0.3 is 0 Å². The van der Waals surface area contributed by atoms with Crippen LogP contribution in [0.25, 0.3) is 0 Å². The maximum atomic E-state index is 11.7. The SMILES string of the molecule is Cc1ccc(NC(=O)C[C@@H]2C=CS(=O)(=O)C2)cc1. The molecule has 0 saturated carbocycles. The summed E-state index contributed by atoms with van der Waals surface area (Å²) in [6, 6.07) is 7.48. The number of aryl methyl sites for hydroxylation is 1. The van der Waals surface area contributed by atoms with Crippen molar-refractivity contribution in [3.63, 3.8) is 0 Å². The highest BCUT2D eigenvalue weighted by Crippen LogP contribution is 2.19. The van der Waals surface area contributed by atoms with Gasteiger partial charge in [-0.2, -0.15) is 0 Å². The topological polar surface area (TPSA) is 63.2 Å². The van der Waals surface area contributed by atoms with Crippen LogP contribution < -0.4 is 5.32 Å². The summed E-state index contributed by atoms with van der Waals surface area (Å²) < 4.78 is 22.4. The Kier molecular flexibility index (Phi) is 3.52. The third-order valence-corrected chi connectivity index (χ3v) is 4.25. The highest BCUT2D eigenvalue weighted by atomic mass is 32.2. The molecule has 1 aromatic rings. The number of nitrogens with one attached hydrogen (secondary N) is 1. The highest BCUT2D eigenvalue weighted by molar-refractivity contribution is 7.94. The number of anilines is 1. The van der Waals surface area contributed by atoms with E-state index in [0.717, 1.165) is 11.3 Å². The molecule has 1 aliphatic heterocycles. The summed E-state index contributed by atoms with van der Waals surface area (Å²) >= 11 is 0. The average Bonchev–Trinajstić information content (AvgIpc) is 2.61. The van der Waals surface area contributed by atoms with E-state index in [1.54, 1.807) is 6.08 Å². The summed E-state index contributed by atoms with van der Waals surface area (Å²) in [6.45, 7) is 1.97. The lowest BCUT2D eigenvalue weighted by Gasteiger charge is -2.08. The van der Waals surface area contributed by atoms with Crippen LogP contribution in [0.15, 0.2) is 35.7 Å². The fraction of sp³-hybridized carbons (Fsp3) is 0.308. The number of allylic oxidation sites excluding steroid dienone is 1. The predicted octanol–water partition coefficient (Wildman–Crippen LogP) is 1.88. The van der Waals surface area contributed by atoms with Gasteiger partial charge in [0, 0.05) is 23.4 Å². The van der Waals surface area contributed by atoms with E-state index in [-0.39, 0.29) is 24.0 Å². The minimum absolute atomic E-state index is 0.0360. The number of hydrogen-bond acceptors (Lipinski definition) is 3. The molecular formula is C13H15NO3S. The Hall–Kier alpha value is -1.62. The van der Waals surface area contributed by atoms with Gasteiger partial charge in [0.1, 0.15) is 0 Å². The summed E-state index contributed by atoms with van der Waals surface area (Å²) in [6.07, 6.45) is 1.79. The maximum Gasteiger partial charge on any atom is 0.224 e. The molecule has 1 N–H and O–H groups in total. The third kappa shape index (κ3) is 3.43. The molecule has 1 atom stereocenters. The Morgan fingerprint density at radius 3 is 2.56 bits per heavy atom. The third-order valence-electron chi connectivity index (χ3n) is 2.79. The van der Waals surface area contributed by atoms with E-state index in [1.807, 2.05) is 31.2 Å².